The fourth-order valence-electron chi connectivity index (χ4n) is 3.55. The molecule has 170 valence electrons. The lowest BCUT2D eigenvalue weighted by Gasteiger charge is -2.19. The molecule has 9 heteroatoms. The second-order valence-corrected chi connectivity index (χ2v) is 8.35. The fraction of sp³-hybridized carbons (Fsp3) is 0.250. The summed E-state index contributed by atoms with van der Waals surface area (Å²) in [6.45, 7) is 4.36. The summed E-state index contributed by atoms with van der Waals surface area (Å²) < 4.78 is 10.7. The number of benzene rings is 2. The lowest BCUT2D eigenvalue weighted by atomic mass is 10.2. The zero-order chi connectivity index (χ0) is 23.5. The molecule has 8 nitrogen and oxygen atoms in total. The number of aryl methyl sites for hydroxylation is 1. The van der Waals surface area contributed by atoms with Gasteiger partial charge in [-0.05, 0) is 44.2 Å². The van der Waals surface area contributed by atoms with Crippen LogP contribution in [0.2, 0.25) is 0 Å². The van der Waals surface area contributed by atoms with E-state index in [2.05, 4.69) is 15.0 Å². The Bertz CT molecular complexity index is 1380. The molecule has 0 spiro atoms. The van der Waals surface area contributed by atoms with Crippen molar-refractivity contribution in [3.8, 4) is 22.1 Å². The molecule has 2 aromatic heterocycles. The van der Waals surface area contributed by atoms with Gasteiger partial charge in [0.2, 0.25) is 0 Å². The van der Waals surface area contributed by atoms with Crippen molar-refractivity contribution in [2.24, 2.45) is 0 Å². The van der Waals surface area contributed by atoms with Gasteiger partial charge in [-0.1, -0.05) is 12.1 Å². The highest BCUT2D eigenvalue weighted by molar-refractivity contribution is 7.17. The summed E-state index contributed by atoms with van der Waals surface area (Å²) in [6, 6.07) is 12.7. The number of carbonyl (C=O) groups is 1. The standard InChI is InChI=1S/C24H24N4O4S/c1-5-28(13-20-26-17-9-7-6-8-16(17)22(29)27-20)24(30)21-14(2)25-23(33-21)15-10-11-18(31-3)19(12-15)32-4/h6-12H,5,13H2,1-4H3,(H,26,27,29). The quantitative estimate of drug-likeness (QED) is 0.443. The van der Waals surface area contributed by atoms with Gasteiger partial charge in [0.1, 0.15) is 15.7 Å². The Kier molecular flexibility index (Phi) is 6.41. The molecule has 33 heavy (non-hydrogen) atoms. The van der Waals surface area contributed by atoms with Crippen molar-refractivity contribution in [1.29, 1.82) is 0 Å². The number of rotatable bonds is 7. The first kappa shape index (κ1) is 22.5. The van der Waals surface area contributed by atoms with Gasteiger partial charge in [0.15, 0.2) is 11.5 Å². The number of H-pyrrole nitrogens is 1. The number of nitrogens with zero attached hydrogens (tertiary/aromatic N) is 3. The molecule has 0 radical (unpaired) electrons. The molecule has 0 bridgehead atoms. The van der Waals surface area contributed by atoms with E-state index in [1.807, 2.05) is 38.1 Å². The fourth-order valence-corrected chi connectivity index (χ4v) is 4.58. The molecule has 2 aromatic carbocycles. The number of amides is 1. The maximum absolute atomic E-state index is 13.3. The minimum absolute atomic E-state index is 0.157. The van der Waals surface area contributed by atoms with Crippen LogP contribution in [0, 0.1) is 6.92 Å². The zero-order valence-corrected chi connectivity index (χ0v) is 19.7. The Hall–Kier alpha value is -3.72. The first-order valence-corrected chi connectivity index (χ1v) is 11.2. The molecule has 0 aliphatic heterocycles. The molecular formula is C24H24N4O4S. The van der Waals surface area contributed by atoms with E-state index in [9.17, 15) is 9.59 Å². The summed E-state index contributed by atoms with van der Waals surface area (Å²) in [5.41, 5.74) is 1.87. The van der Waals surface area contributed by atoms with Crippen molar-refractivity contribution in [3.63, 3.8) is 0 Å². The monoisotopic (exact) mass is 464 g/mol. The number of methoxy groups -OCH3 is 2. The van der Waals surface area contributed by atoms with Crippen LogP contribution in [-0.4, -0.2) is 46.5 Å². The highest BCUT2D eigenvalue weighted by atomic mass is 32.1. The number of nitrogens with one attached hydrogen (secondary N) is 1. The third-order valence-corrected chi connectivity index (χ3v) is 6.49. The largest absolute Gasteiger partial charge is 0.493 e. The predicted molar refractivity (Wildman–Crippen MR) is 128 cm³/mol. The molecule has 1 amide bonds. The van der Waals surface area contributed by atoms with Gasteiger partial charge < -0.3 is 19.4 Å². The highest BCUT2D eigenvalue weighted by Gasteiger charge is 2.22. The lowest BCUT2D eigenvalue weighted by molar-refractivity contribution is 0.0752. The van der Waals surface area contributed by atoms with Gasteiger partial charge in [-0.15, -0.1) is 11.3 Å². The Morgan fingerprint density at radius 1 is 1.09 bits per heavy atom. The summed E-state index contributed by atoms with van der Waals surface area (Å²) in [6.07, 6.45) is 0. The average molecular weight is 465 g/mol. The van der Waals surface area contributed by atoms with E-state index >= 15 is 0 Å². The Morgan fingerprint density at radius 2 is 1.85 bits per heavy atom. The van der Waals surface area contributed by atoms with Crippen molar-refractivity contribution in [3.05, 3.63) is 69.2 Å². The second kappa shape index (κ2) is 9.41. The van der Waals surface area contributed by atoms with E-state index < -0.39 is 0 Å². The van der Waals surface area contributed by atoms with Crippen LogP contribution in [0.5, 0.6) is 11.5 Å². The van der Waals surface area contributed by atoms with E-state index in [0.717, 1.165) is 5.56 Å². The SMILES string of the molecule is CCN(Cc1nc2ccccc2c(=O)[nH]1)C(=O)c1sc(-c2ccc(OC)c(OC)c2)nc1C. The Morgan fingerprint density at radius 3 is 2.58 bits per heavy atom. The number of aromatic nitrogens is 3. The van der Waals surface area contributed by atoms with Crippen molar-refractivity contribution in [2.75, 3.05) is 20.8 Å². The number of hydrogen-bond donors (Lipinski definition) is 1. The average Bonchev–Trinajstić information content (AvgIpc) is 3.23. The number of hydrogen-bond acceptors (Lipinski definition) is 7. The smallest absolute Gasteiger partial charge is 0.266 e. The predicted octanol–water partition coefficient (Wildman–Crippen LogP) is 4.03. The molecular weight excluding hydrogens is 440 g/mol. The molecule has 4 aromatic rings. The van der Waals surface area contributed by atoms with Gasteiger partial charge in [0.25, 0.3) is 11.5 Å². The normalized spacial score (nSPS) is 10.9. The summed E-state index contributed by atoms with van der Waals surface area (Å²) in [5, 5.41) is 1.23. The van der Waals surface area contributed by atoms with Crippen LogP contribution in [0.4, 0.5) is 0 Å². The number of para-hydroxylation sites is 1. The summed E-state index contributed by atoms with van der Waals surface area (Å²) in [5.74, 6) is 1.50. The van der Waals surface area contributed by atoms with Crippen molar-refractivity contribution >= 4 is 28.1 Å². The molecule has 4 rings (SSSR count). The third kappa shape index (κ3) is 4.45. The molecule has 0 aliphatic rings. The number of carbonyl (C=O) groups excluding carboxylic acids is 1. The van der Waals surface area contributed by atoms with Crippen LogP contribution < -0.4 is 15.0 Å². The van der Waals surface area contributed by atoms with Crippen molar-refractivity contribution < 1.29 is 14.3 Å². The Labute approximate surface area is 194 Å². The van der Waals surface area contributed by atoms with E-state index in [4.69, 9.17) is 9.47 Å². The zero-order valence-electron chi connectivity index (χ0n) is 18.8. The highest BCUT2D eigenvalue weighted by Crippen LogP contribution is 2.35. The van der Waals surface area contributed by atoms with E-state index in [1.165, 1.54) is 11.3 Å². The lowest BCUT2D eigenvalue weighted by Crippen LogP contribution is -2.31. The first-order chi connectivity index (χ1) is 15.9. The van der Waals surface area contributed by atoms with E-state index in [-0.39, 0.29) is 18.0 Å². The number of aromatic amines is 1. The van der Waals surface area contributed by atoms with Crippen LogP contribution in [0.1, 0.15) is 28.1 Å². The minimum atomic E-state index is -0.219. The minimum Gasteiger partial charge on any atom is -0.493 e. The molecule has 0 saturated carbocycles. The van der Waals surface area contributed by atoms with Crippen LogP contribution in [-0.2, 0) is 6.54 Å². The third-order valence-electron chi connectivity index (χ3n) is 5.29. The maximum atomic E-state index is 13.3. The van der Waals surface area contributed by atoms with Gasteiger partial charge in [-0.2, -0.15) is 0 Å². The molecule has 0 fully saturated rings. The van der Waals surface area contributed by atoms with Crippen LogP contribution in [0.15, 0.2) is 47.3 Å². The molecule has 2 heterocycles. The molecule has 1 N–H and O–H groups in total. The van der Waals surface area contributed by atoms with Gasteiger partial charge >= 0.3 is 0 Å². The molecule has 0 aliphatic carbocycles. The van der Waals surface area contributed by atoms with Crippen LogP contribution in [0.3, 0.4) is 0 Å². The van der Waals surface area contributed by atoms with Gasteiger partial charge in [0, 0.05) is 12.1 Å². The summed E-state index contributed by atoms with van der Waals surface area (Å²) >= 11 is 1.32. The van der Waals surface area contributed by atoms with E-state index in [1.54, 1.807) is 37.3 Å². The van der Waals surface area contributed by atoms with Gasteiger partial charge in [-0.3, -0.25) is 9.59 Å². The number of thiazole rings is 1. The summed E-state index contributed by atoms with van der Waals surface area (Å²) in [4.78, 5) is 39.9. The maximum Gasteiger partial charge on any atom is 0.266 e. The first-order valence-electron chi connectivity index (χ1n) is 10.4. The Balaban J connectivity index is 1.62. The molecule has 0 unspecified atom stereocenters. The van der Waals surface area contributed by atoms with E-state index in [0.29, 0.717) is 50.3 Å². The van der Waals surface area contributed by atoms with Crippen LogP contribution >= 0.6 is 11.3 Å². The molecule has 0 saturated heterocycles. The van der Waals surface area contributed by atoms with Gasteiger partial charge in [-0.25, -0.2) is 9.97 Å². The number of fused-ring (bicyclic) bond motifs is 1. The number of ether oxygens (including phenoxy) is 2. The van der Waals surface area contributed by atoms with Crippen molar-refractivity contribution in [1.82, 2.24) is 19.9 Å². The second-order valence-electron chi connectivity index (χ2n) is 7.35. The van der Waals surface area contributed by atoms with Gasteiger partial charge in [0.05, 0.1) is 37.4 Å². The summed E-state index contributed by atoms with van der Waals surface area (Å²) in [7, 11) is 3.16. The molecule has 0 atom stereocenters. The van der Waals surface area contributed by atoms with Crippen molar-refractivity contribution in [2.45, 2.75) is 20.4 Å². The topological polar surface area (TPSA) is 97.4 Å². The van der Waals surface area contributed by atoms with Crippen LogP contribution in [0.25, 0.3) is 21.5 Å².